The van der Waals surface area contributed by atoms with E-state index >= 15 is 0 Å². The molecular formula is C10H11ClO3. The first-order chi connectivity index (χ1) is 6.56. The molecule has 0 saturated carbocycles. The predicted octanol–water partition coefficient (Wildman–Crippen LogP) is 2.32. The molecule has 0 aromatic heterocycles. The van der Waals surface area contributed by atoms with E-state index in [0.29, 0.717) is 5.56 Å². The summed E-state index contributed by atoms with van der Waals surface area (Å²) >= 11 is 5.63. The summed E-state index contributed by atoms with van der Waals surface area (Å²) in [6.07, 6.45) is 0. The van der Waals surface area contributed by atoms with Crippen LogP contribution in [0.2, 0.25) is 5.02 Å². The fraction of sp³-hybridized carbons (Fsp3) is 0.300. The van der Waals surface area contributed by atoms with Crippen LogP contribution >= 0.6 is 11.6 Å². The van der Waals surface area contributed by atoms with Crippen LogP contribution in [0, 0.1) is 0 Å². The molecule has 0 heterocycles. The van der Waals surface area contributed by atoms with Gasteiger partial charge in [-0.25, -0.2) is 0 Å². The molecule has 1 N–H and O–H groups in total. The highest BCUT2D eigenvalue weighted by Crippen LogP contribution is 2.27. The fourth-order valence-electron chi connectivity index (χ4n) is 1.11. The number of benzene rings is 1. The zero-order valence-electron chi connectivity index (χ0n) is 7.95. The van der Waals surface area contributed by atoms with Crippen molar-refractivity contribution < 1.29 is 14.6 Å². The molecule has 1 aromatic carbocycles. The van der Waals surface area contributed by atoms with Gasteiger partial charge in [0.15, 0.2) is 0 Å². The van der Waals surface area contributed by atoms with Gasteiger partial charge in [0.25, 0.3) is 0 Å². The number of aromatic hydroxyl groups is 1. The van der Waals surface area contributed by atoms with Gasteiger partial charge in [0.05, 0.1) is 18.1 Å². The lowest BCUT2D eigenvalue weighted by Gasteiger charge is -2.09. The van der Waals surface area contributed by atoms with Crippen molar-refractivity contribution in [3.63, 3.8) is 0 Å². The Morgan fingerprint density at radius 3 is 2.71 bits per heavy atom. The second kappa shape index (κ2) is 4.33. The average Bonchev–Trinajstić information content (AvgIpc) is 2.20. The number of phenolic OH excluding ortho intramolecular Hbond substituents is 1. The molecule has 0 aliphatic heterocycles. The van der Waals surface area contributed by atoms with E-state index in [1.807, 2.05) is 0 Å². The summed E-state index contributed by atoms with van der Waals surface area (Å²) in [5.74, 6) is -0.769. The molecule has 76 valence electrons. The van der Waals surface area contributed by atoms with Crippen molar-refractivity contribution >= 4 is 17.6 Å². The van der Waals surface area contributed by atoms with Gasteiger partial charge in [0, 0.05) is 0 Å². The van der Waals surface area contributed by atoms with E-state index in [9.17, 15) is 9.90 Å². The fourth-order valence-corrected chi connectivity index (χ4v) is 1.23. The van der Waals surface area contributed by atoms with Crippen LogP contribution in [-0.4, -0.2) is 18.2 Å². The van der Waals surface area contributed by atoms with Crippen LogP contribution in [0.1, 0.15) is 18.4 Å². The molecule has 1 atom stereocenters. The van der Waals surface area contributed by atoms with Crippen molar-refractivity contribution in [2.75, 3.05) is 7.11 Å². The summed E-state index contributed by atoms with van der Waals surface area (Å²) in [4.78, 5) is 11.2. The first-order valence-corrected chi connectivity index (χ1v) is 4.50. The summed E-state index contributed by atoms with van der Waals surface area (Å²) in [7, 11) is 1.33. The van der Waals surface area contributed by atoms with E-state index in [0.717, 1.165) is 0 Å². The number of ether oxygens (including phenoxy) is 1. The Morgan fingerprint density at radius 2 is 2.21 bits per heavy atom. The third kappa shape index (κ3) is 2.17. The van der Waals surface area contributed by atoms with E-state index in [-0.39, 0.29) is 16.7 Å². The van der Waals surface area contributed by atoms with Crippen molar-refractivity contribution in [1.82, 2.24) is 0 Å². The highest BCUT2D eigenvalue weighted by Gasteiger charge is 2.16. The zero-order chi connectivity index (χ0) is 10.7. The van der Waals surface area contributed by atoms with E-state index < -0.39 is 5.92 Å². The lowest BCUT2D eigenvalue weighted by molar-refractivity contribution is -0.141. The number of carbonyl (C=O) groups excluding carboxylic acids is 1. The Balaban J connectivity index is 2.96. The molecule has 0 bridgehead atoms. The molecule has 0 aliphatic rings. The highest BCUT2D eigenvalue weighted by molar-refractivity contribution is 6.32. The van der Waals surface area contributed by atoms with Crippen molar-refractivity contribution in [3.8, 4) is 5.75 Å². The molecule has 0 spiro atoms. The molecule has 4 heteroatoms. The van der Waals surface area contributed by atoms with Gasteiger partial charge in [-0.3, -0.25) is 4.79 Å². The Morgan fingerprint density at radius 1 is 1.57 bits per heavy atom. The Labute approximate surface area is 87.3 Å². The van der Waals surface area contributed by atoms with Crippen LogP contribution in [0.5, 0.6) is 5.75 Å². The third-order valence-electron chi connectivity index (χ3n) is 2.02. The number of hydrogen-bond donors (Lipinski definition) is 1. The van der Waals surface area contributed by atoms with Crippen LogP contribution in [0.25, 0.3) is 0 Å². The number of carbonyl (C=O) groups is 1. The number of esters is 1. The monoisotopic (exact) mass is 214 g/mol. The molecule has 0 radical (unpaired) electrons. The smallest absolute Gasteiger partial charge is 0.312 e. The number of halogens is 1. The third-order valence-corrected chi connectivity index (χ3v) is 2.34. The standard InChI is InChI=1S/C10H11ClO3/c1-6(10(13)14-2)7-3-4-8(11)9(12)5-7/h3-6,12H,1-2H3. The van der Waals surface area contributed by atoms with Gasteiger partial charge in [0.2, 0.25) is 0 Å². The lowest BCUT2D eigenvalue weighted by atomic mass is 10.0. The van der Waals surface area contributed by atoms with Crippen LogP contribution in [0.4, 0.5) is 0 Å². The van der Waals surface area contributed by atoms with Gasteiger partial charge in [-0.1, -0.05) is 17.7 Å². The predicted molar refractivity (Wildman–Crippen MR) is 53.5 cm³/mol. The topological polar surface area (TPSA) is 46.5 Å². The maximum atomic E-state index is 11.2. The summed E-state index contributed by atoms with van der Waals surface area (Å²) in [6.45, 7) is 1.70. The Kier molecular flexibility index (Phi) is 3.36. The van der Waals surface area contributed by atoms with Crippen LogP contribution in [0.3, 0.4) is 0 Å². The van der Waals surface area contributed by atoms with Crippen LogP contribution in [0.15, 0.2) is 18.2 Å². The quantitative estimate of drug-likeness (QED) is 0.769. The van der Waals surface area contributed by atoms with Crippen LogP contribution in [-0.2, 0) is 9.53 Å². The summed E-state index contributed by atoms with van der Waals surface area (Å²) in [6, 6.07) is 4.69. The van der Waals surface area contributed by atoms with Gasteiger partial charge < -0.3 is 9.84 Å². The van der Waals surface area contributed by atoms with E-state index in [1.165, 1.54) is 13.2 Å². The van der Waals surface area contributed by atoms with Crippen molar-refractivity contribution in [2.24, 2.45) is 0 Å². The van der Waals surface area contributed by atoms with E-state index in [2.05, 4.69) is 4.74 Å². The largest absolute Gasteiger partial charge is 0.506 e. The molecule has 3 nitrogen and oxygen atoms in total. The minimum absolute atomic E-state index is 0.0279. The zero-order valence-corrected chi connectivity index (χ0v) is 8.71. The van der Waals surface area contributed by atoms with E-state index in [4.69, 9.17) is 11.6 Å². The molecule has 14 heavy (non-hydrogen) atoms. The van der Waals surface area contributed by atoms with Crippen molar-refractivity contribution in [3.05, 3.63) is 28.8 Å². The number of methoxy groups -OCH3 is 1. The maximum absolute atomic E-state index is 11.2. The second-order valence-electron chi connectivity index (χ2n) is 2.96. The van der Waals surface area contributed by atoms with Crippen molar-refractivity contribution in [2.45, 2.75) is 12.8 Å². The summed E-state index contributed by atoms with van der Waals surface area (Å²) in [5, 5.41) is 9.59. The van der Waals surface area contributed by atoms with E-state index in [1.54, 1.807) is 19.1 Å². The number of hydrogen-bond acceptors (Lipinski definition) is 3. The number of rotatable bonds is 2. The normalized spacial score (nSPS) is 12.2. The average molecular weight is 215 g/mol. The van der Waals surface area contributed by atoms with Gasteiger partial charge in [-0.15, -0.1) is 0 Å². The number of phenols is 1. The van der Waals surface area contributed by atoms with Crippen LogP contribution < -0.4 is 0 Å². The Hall–Kier alpha value is -1.22. The molecule has 0 saturated heterocycles. The molecule has 1 rings (SSSR count). The minimum atomic E-state index is -0.400. The lowest BCUT2D eigenvalue weighted by Crippen LogP contribution is -2.10. The molecule has 1 unspecified atom stereocenters. The van der Waals surface area contributed by atoms with Gasteiger partial charge in [0.1, 0.15) is 5.75 Å². The maximum Gasteiger partial charge on any atom is 0.312 e. The van der Waals surface area contributed by atoms with Gasteiger partial charge in [-0.05, 0) is 24.6 Å². The highest BCUT2D eigenvalue weighted by atomic mass is 35.5. The minimum Gasteiger partial charge on any atom is -0.506 e. The summed E-state index contributed by atoms with van der Waals surface area (Å²) < 4.78 is 4.58. The molecule has 0 fully saturated rings. The first kappa shape index (κ1) is 10.9. The molecule has 1 aromatic rings. The molecule has 0 amide bonds. The van der Waals surface area contributed by atoms with Crippen molar-refractivity contribution in [1.29, 1.82) is 0 Å². The SMILES string of the molecule is COC(=O)C(C)c1ccc(Cl)c(O)c1. The van der Waals surface area contributed by atoms with Gasteiger partial charge >= 0.3 is 5.97 Å². The molecule has 0 aliphatic carbocycles. The second-order valence-corrected chi connectivity index (χ2v) is 3.36. The summed E-state index contributed by atoms with van der Waals surface area (Å²) in [5.41, 5.74) is 0.679. The Bertz CT molecular complexity index is 349. The first-order valence-electron chi connectivity index (χ1n) is 4.12. The van der Waals surface area contributed by atoms with Gasteiger partial charge in [-0.2, -0.15) is 0 Å². The molecular weight excluding hydrogens is 204 g/mol.